The van der Waals surface area contributed by atoms with Crippen LogP contribution in [0.25, 0.3) is 0 Å². The molecule has 3 nitrogen and oxygen atoms in total. The van der Waals surface area contributed by atoms with E-state index in [0.29, 0.717) is 12.5 Å². The van der Waals surface area contributed by atoms with Gasteiger partial charge in [0.25, 0.3) is 0 Å². The van der Waals surface area contributed by atoms with Crippen molar-refractivity contribution in [1.82, 2.24) is 9.78 Å². The number of aryl methyl sites for hydroxylation is 2. The molecule has 1 aromatic heterocycles. The molecular formula is C13H14BrClN2O. The maximum atomic E-state index is 5.94. The van der Waals surface area contributed by atoms with Crippen molar-refractivity contribution in [2.75, 3.05) is 0 Å². The van der Waals surface area contributed by atoms with Gasteiger partial charge in [0, 0.05) is 23.3 Å². The lowest BCUT2D eigenvalue weighted by atomic mass is 10.1. The third-order valence-electron chi connectivity index (χ3n) is 2.59. The fraction of sp³-hybridized carbons (Fsp3) is 0.308. The lowest BCUT2D eigenvalue weighted by Crippen LogP contribution is -2.01. The molecule has 5 heteroatoms. The van der Waals surface area contributed by atoms with E-state index >= 15 is 0 Å². The van der Waals surface area contributed by atoms with Gasteiger partial charge < -0.3 is 4.74 Å². The summed E-state index contributed by atoms with van der Waals surface area (Å²) in [6.45, 7) is 2.46. The summed E-state index contributed by atoms with van der Waals surface area (Å²) in [5, 5.41) is 4.28. The summed E-state index contributed by atoms with van der Waals surface area (Å²) in [6, 6.07) is 5.94. The average molecular weight is 330 g/mol. The molecule has 0 aliphatic heterocycles. The fourth-order valence-corrected chi connectivity index (χ4v) is 2.61. The number of aromatic nitrogens is 2. The highest BCUT2D eigenvalue weighted by Gasteiger charge is 2.09. The van der Waals surface area contributed by atoms with Gasteiger partial charge in [-0.2, -0.15) is 5.10 Å². The summed E-state index contributed by atoms with van der Waals surface area (Å²) >= 11 is 9.40. The largest absolute Gasteiger partial charge is 0.487 e. The normalized spacial score (nSPS) is 10.7. The molecule has 0 fully saturated rings. The highest BCUT2D eigenvalue weighted by atomic mass is 79.9. The number of rotatable bonds is 4. The zero-order valence-corrected chi connectivity index (χ0v) is 12.6. The average Bonchev–Trinajstić information content (AvgIpc) is 2.73. The minimum Gasteiger partial charge on any atom is -0.487 e. The Labute approximate surface area is 120 Å². The molecule has 0 amide bonds. The molecular weight excluding hydrogens is 316 g/mol. The number of ether oxygens (including phenoxy) is 1. The van der Waals surface area contributed by atoms with Gasteiger partial charge in [0.05, 0.1) is 11.6 Å². The molecule has 0 saturated carbocycles. The van der Waals surface area contributed by atoms with Crippen LogP contribution < -0.4 is 4.74 Å². The predicted octanol–water partition coefficient (Wildman–Crippen LogP) is 3.81. The molecule has 0 saturated heterocycles. The van der Waals surface area contributed by atoms with Gasteiger partial charge in [-0.1, -0.05) is 15.9 Å². The van der Waals surface area contributed by atoms with Crippen molar-refractivity contribution in [2.24, 2.45) is 7.05 Å². The number of hydrogen-bond acceptors (Lipinski definition) is 2. The summed E-state index contributed by atoms with van der Waals surface area (Å²) in [6.07, 6.45) is 1.90. The van der Waals surface area contributed by atoms with Gasteiger partial charge in [-0.05, 0) is 30.7 Å². The second kappa shape index (κ2) is 5.76. The van der Waals surface area contributed by atoms with Gasteiger partial charge in [-0.3, -0.25) is 4.68 Å². The van der Waals surface area contributed by atoms with Crippen LogP contribution in [0, 0.1) is 6.92 Å². The molecule has 0 atom stereocenters. The molecule has 0 spiro atoms. The van der Waals surface area contributed by atoms with Crippen molar-refractivity contribution in [1.29, 1.82) is 0 Å². The SMILES string of the molecule is Cc1cc(Br)cc(CCl)c1OCc1ccn(C)n1. The summed E-state index contributed by atoms with van der Waals surface area (Å²) in [7, 11) is 1.89. The second-order valence-corrected chi connectivity index (χ2v) is 5.30. The van der Waals surface area contributed by atoms with Crippen LogP contribution in [0.4, 0.5) is 0 Å². The van der Waals surface area contributed by atoms with E-state index in [9.17, 15) is 0 Å². The minimum absolute atomic E-state index is 0.428. The fourth-order valence-electron chi connectivity index (χ4n) is 1.79. The predicted molar refractivity (Wildman–Crippen MR) is 76.0 cm³/mol. The molecule has 0 radical (unpaired) electrons. The van der Waals surface area contributed by atoms with Crippen LogP contribution in [0.3, 0.4) is 0 Å². The van der Waals surface area contributed by atoms with Crippen LogP contribution >= 0.6 is 27.5 Å². The summed E-state index contributed by atoms with van der Waals surface area (Å²) in [5.74, 6) is 1.27. The van der Waals surface area contributed by atoms with E-state index in [0.717, 1.165) is 27.0 Å². The van der Waals surface area contributed by atoms with Crippen LogP contribution in [-0.2, 0) is 19.5 Å². The monoisotopic (exact) mass is 328 g/mol. The Balaban J connectivity index is 2.18. The van der Waals surface area contributed by atoms with E-state index in [4.69, 9.17) is 16.3 Å². The molecule has 2 rings (SSSR count). The van der Waals surface area contributed by atoms with E-state index in [-0.39, 0.29) is 0 Å². The summed E-state index contributed by atoms with van der Waals surface area (Å²) < 4.78 is 8.61. The first-order valence-electron chi connectivity index (χ1n) is 5.56. The highest BCUT2D eigenvalue weighted by molar-refractivity contribution is 9.10. The molecule has 18 heavy (non-hydrogen) atoms. The summed E-state index contributed by atoms with van der Waals surface area (Å²) in [4.78, 5) is 0. The molecule has 1 heterocycles. The van der Waals surface area contributed by atoms with Crippen LogP contribution in [0.1, 0.15) is 16.8 Å². The molecule has 2 aromatic rings. The Hall–Kier alpha value is -1.00. The number of nitrogens with zero attached hydrogens (tertiary/aromatic N) is 2. The maximum Gasteiger partial charge on any atom is 0.132 e. The Morgan fingerprint density at radius 3 is 2.83 bits per heavy atom. The zero-order valence-electron chi connectivity index (χ0n) is 10.3. The third kappa shape index (κ3) is 3.06. The van der Waals surface area contributed by atoms with Crippen LogP contribution in [-0.4, -0.2) is 9.78 Å². The van der Waals surface area contributed by atoms with Crippen LogP contribution in [0.15, 0.2) is 28.9 Å². The van der Waals surface area contributed by atoms with Crippen LogP contribution in [0.2, 0.25) is 0 Å². The molecule has 0 N–H and O–H groups in total. The number of hydrogen-bond donors (Lipinski definition) is 0. The van der Waals surface area contributed by atoms with Gasteiger partial charge in [0.2, 0.25) is 0 Å². The Morgan fingerprint density at radius 1 is 1.44 bits per heavy atom. The van der Waals surface area contributed by atoms with Crippen LogP contribution in [0.5, 0.6) is 5.75 Å². The van der Waals surface area contributed by atoms with Crippen molar-refractivity contribution >= 4 is 27.5 Å². The molecule has 0 aliphatic rings. The highest BCUT2D eigenvalue weighted by Crippen LogP contribution is 2.29. The van der Waals surface area contributed by atoms with Gasteiger partial charge in [0.15, 0.2) is 0 Å². The summed E-state index contributed by atoms with van der Waals surface area (Å²) in [5.41, 5.74) is 2.95. The first-order chi connectivity index (χ1) is 8.60. The standard InChI is InChI=1S/C13H14BrClN2O/c1-9-5-11(14)6-10(7-15)13(9)18-8-12-3-4-17(2)16-12/h3-6H,7-8H2,1-2H3. The van der Waals surface area contributed by atoms with E-state index in [2.05, 4.69) is 21.0 Å². The zero-order chi connectivity index (χ0) is 13.1. The molecule has 1 aromatic carbocycles. The van der Waals surface area contributed by atoms with Crippen molar-refractivity contribution in [3.63, 3.8) is 0 Å². The van der Waals surface area contributed by atoms with Crippen molar-refractivity contribution in [3.05, 3.63) is 45.7 Å². The third-order valence-corrected chi connectivity index (χ3v) is 3.34. The first-order valence-corrected chi connectivity index (χ1v) is 6.89. The van der Waals surface area contributed by atoms with Crippen molar-refractivity contribution in [3.8, 4) is 5.75 Å². The molecule has 96 valence electrons. The van der Waals surface area contributed by atoms with Crippen molar-refractivity contribution < 1.29 is 4.74 Å². The molecule has 0 bridgehead atoms. The van der Waals surface area contributed by atoms with Gasteiger partial charge in [-0.25, -0.2) is 0 Å². The van der Waals surface area contributed by atoms with E-state index < -0.39 is 0 Å². The Bertz CT molecular complexity index is 554. The molecule has 0 unspecified atom stereocenters. The maximum absolute atomic E-state index is 5.94. The quantitative estimate of drug-likeness (QED) is 0.798. The Morgan fingerprint density at radius 2 is 2.22 bits per heavy atom. The van der Waals surface area contributed by atoms with E-state index in [1.165, 1.54) is 0 Å². The second-order valence-electron chi connectivity index (χ2n) is 4.11. The minimum atomic E-state index is 0.428. The Kier molecular flexibility index (Phi) is 4.30. The van der Waals surface area contributed by atoms with Gasteiger partial charge >= 0.3 is 0 Å². The lowest BCUT2D eigenvalue weighted by molar-refractivity contribution is 0.295. The molecule has 0 aliphatic carbocycles. The van der Waals surface area contributed by atoms with Crippen molar-refractivity contribution in [2.45, 2.75) is 19.4 Å². The number of benzene rings is 1. The number of alkyl halides is 1. The number of halogens is 2. The van der Waals surface area contributed by atoms with Gasteiger partial charge in [0.1, 0.15) is 12.4 Å². The first kappa shape index (κ1) is 13.4. The lowest BCUT2D eigenvalue weighted by Gasteiger charge is -2.12. The van der Waals surface area contributed by atoms with E-state index in [1.807, 2.05) is 38.4 Å². The topological polar surface area (TPSA) is 27.1 Å². The smallest absolute Gasteiger partial charge is 0.132 e. The van der Waals surface area contributed by atoms with E-state index in [1.54, 1.807) is 4.68 Å². The van der Waals surface area contributed by atoms with Gasteiger partial charge in [-0.15, -0.1) is 11.6 Å².